The molecular formula is C12H13N3O3S. The van der Waals surface area contributed by atoms with Gasteiger partial charge >= 0.3 is 0 Å². The van der Waals surface area contributed by atoms with E-state index in [0.29, 0.717) is 10.8 Å². The molecule has 1 amide bonds. The van der Waals surface area contributed by atoms with Crippen molar-refractivity contribution < 1.29 is 14.3 Å². The summed E-state index contributed by atoms with van der Waals surface area (Å²) in [6, 6.07) is 0. The number of nitrogens with one attached hydrogen (secondary N) is 1. The molecule has 2 heterocycles. The normalized spacial score (nSPS) is 18.3. The summed E-state index contributed by atoms with van der Waals surface area (Å²) < 4.78 is 5.21. The number of hydrogen-bond acceptors (Lipinski definition) is 6. The van der Waals surface area contributed by atoms with Crippen molar-refractivity contribution in [1.82, 2.24) is 4.98 Å². The number of nitrogens with zero attached hydrogens (tertiary/aromatic N) is 2. The molecule has 1 aliphatic rings. The lowest BCUT2D eigenvalue weighted by Crippen LogP contribution is -2.30. The Kier molecular flexibility index (Phi) is 4.18. The van der Waals surface area contributed by atoms with Crippen LogP contribution in [0.4, 0.5) is 5.13 Å². The molecule has 100 valence electrons. The third kappa shape index (κ3) is 3.80. The van der Waals surface area contributed by atoms with Crippen molar-refractivity contribution in [2.24, 2.45) is 4.99 Å². The second kappa shape index (κ2) is 5.85. The molecule has 0 fully saturated rings. The first-order chi connectivity index (χ1) is 9.04. The molecule has 7 heteroatoms. The van der Waals surface area contributed by atoms with Gasteiger partial charge in [0, 0.05) is 23.4 Å². The number of thiazole rings is 1. The molecule has 6 nitrogen and oxygen atoms in total. The Hall–Kier alpha value is -1.86. The van der Waals surface area contributed by atoms with E-state index in [-0.39, 0.29) is 18.3 Å². The van der Waals surface area contributed by atoms with E-state index < -0.39 is 6.10 Å². The van der Waals surface area contributed by atoms with Gasteiger partial charge in [0.1, 0.15) is 6.61 Å². The summed E-state index contributed by atoms with van der Waals surface area (Å²) in [5.74, 6) is -0.549. The van der Waals surface area contributed by atoms with E-state index in [1.54, 1.807) is 6.92 Å². The number of carbonyl (C=O) groups excluding carboxylic acids is 2. The van der Waals surface area contributed by atoms with Gasteiger partial charge in [0.2, 0.25) is 0 Å². The Balaban J connectivity index is 1.81. The van der Waals surface area contributed by atoms with Crippen molar-refractivity contribution in [1.29, 1.82) is 0 Å². The second-order valence-corrected chi connectivity index (χ2v) is 4.90. The summed E-state index contributed by atoms with van der Waals surface area (Å²) >= 11 is 1.34. The lowest BCUT2D eigenvalue weighted by Gasteiger charge is -2.13. The van der Waals surface area contributed by atoms with E-state index in [4.69, 9.17) is 4.74 Å². The first-order valence-corrected chi connectivity index (χ1v) is 6.52. The number of ether oxygens (including phenoxy) is 1. The van der Waals surface area contributed by atoms with Gasteiger partial charge in [-0.3, -0.25) is 19.9 Å². The third-order valence-corrected chi connectivity index (χ3v) is 3.18. The maximum absolute atomic E-state index is 11.6. The molecule has 1 aromatic heterocycles. The predicted octanol–water partition coefficient (Wildman–Crippen LogP) is 1.33. The van der Waals surface area contributed by atoms with E-state index in [1.807, 2.05) is 12.3 Å². The highest BCUT2D eigenvalue weighted by Gasteiger charge is 2.19. The minimum absolute atomic E-state index is 0.203. The van der Waals surface area contributed by atoms with Gasteiger partial charge in [0.15, 0.2) is 17.0 Å². The Labute approximate surface area is 114 Å². The lowest BCUT2D eigenvalue weighted by molar-refractivity contribution is -0.127. The number of carbonyl (C=O) groups is 2. The van der Waals surface area contributed by atoms with Crippen molar-refractivity contribution in [3.8, 4) is 0 Å². The summed E-state index contributed by atoms with van der Waals surface area (Å²) in [5.41, 5.74) is 1.48. The van der Waals surface area contributed by atoms with E-state index in [1.165, 1.54) is 23.6 Å². The molecule has 1 N–H and O–H groups in total. The second-order valence-electron chi connectivity index (χ2n) is 4.04. The van der Waals surface area contributed by atoms with Crippen LogP contribution >= 0.6 is 11.3 Å². The predicted molar refractivity (Wildman–Crippen MR) is 72.5 cm³/mol. The maximum atomic E-state index is 11.6. The Morgan fingerprint density at radius 2 is 2.32 bits per heavy atom. The molecule has 1 aromatic rings. The number of rotatable bonds is 4. The first-order valence-electron chi connectivity index (χ1n) is 5.64. The van der Waals surface area contributed by atoms with Crippen molar-refractivity contribution in [3.63, 3.8) is 0 Å². The molecule has 19 heavy (non-hydrogen) atoms. The highest BCUT2D eigenvalue weighted by molar-refractivity contribution is 7.13. The van der Waals surface area contributed by atoms with Gasteiger partial charge in [-0.1, -0.05) is 0 Å². The van der Waals surface area contributed by atoms with Crippen LogP contribution in [-0.2, 0) is 14.3 Å². The van der Waals surface area contributed by atoms with Crippen molar-refractivity contribution in [2.45, 2.75) is 20.0 Å². The van der Waals surface area contributed by atoms with Gasteiger partial charge < -0.3 is 4.74 Å². The maximum Gasteiger partial charge on any atom is 0.252 e. The van der Waals surface area contributed by atoms with Gasteiger partial charge in [-0.2, -0.15) is 0 Å². The molecule has 1 atom stereocenters. The van der Waals surface area contributed by atoms with Crippen molar-refractivity contribution >= 4 is 34.4 Å². The van der Waals surface area contributed by atoms with Crippen LogP contribution in [0.3, 0.4) is 0 Å². The van der Waals surface area contributed by atoms with Gasteiger partial charge in [-0.25, -0.2) is 4.98 Å². The molecule has 0 aliphatic carbocycles. The van der Waals surface area contributed by atoms with Crippen LogP contribution < -0.4 is 5.32 Å². The molecule has 0 aromatic carbocycles. The molecule has 1 unspecified atom stereocenters. The summed E-state index contributed by atoms with van der Waals surface area (Å²) in [5, 5.41) is 4.95. The first kappa shape index (κ1) is 13.6. The van der Waals surface area contributed by atoms with Crippen LogP contribution in [-0.4, -0.2) is 35.6 Å². The van der Waals surface area contributed by atoms with Crippen LogP contribution in [0.2, 0.25) is 0 Å². The zero-order chi connectivity index (χ0) is 13.8. The number of hydrogen-bond donors (Lipinski definition) is 1. The summed E-state index contributed by atoms with van der Waals surface area (Å²) in [6.07, 6.45) is 2.01. The highest BCUT2D eigenvalue weighted by Crippen LogP contribution is 2.14. The zero-order valence-electron chi connectivity index (χ0n) is 10.5. The highest BCUT2D eigenvalue weighted by atomic mass is 32.1. The number of anilines is 1. The summed E-state index contributed by atoms with van der Waals surface area (Å²) in [4.78, 5) is 31.2. The molecule has 0 saturated heterocycles. The molecule has 0 saturated carbocycles. The van der Waals surface area contributed by atoms with Crippen molar-refractivity contribution in [3.05, 3.63) is 22.8 Å². The van der Waals surface area contributed by atoms with Gasteiger partial charge in [-0.05, 0) is 13.8 Å². The Bertz CT molecular complexity index is 562. The number of aromatic nitrogens is 1. The Morgan fingerprint density at radius 1 is 1.53 bits per heavy atom. The van der Waals surface area contributed by atoms with Crippen LogP contribution in [0.5, 0.6) is 0 Å². The minimum atomic E-state index is -0.785. The summed E-state index contributed by atoms with van der Waals surface area (Å²) in [6.45, 7) is 3.35. The van der Waals surface area contributed by atoms with Gasteiger partial charge in [0.05, 0.1) is 5.69 Å². The van der Waals surface area contributed by atoms with E-state index >= 15 is 0 Å². The molecular weight excluding hydrogens is 266 g/mol. The molecule has 0 spiro atoms. The topological polar surface area (TPSA) is 80.7 Å². The van der Waals surface area contributed by atoms with Crippen LogP contribution in [0.25, 0.3) is 0 Å². The number of aliphatic imine (C=N–C) groups is 1. The number of aryl methyl sites for hydroxylation is 1. The smallest absolute Gasteiger partial charge is 0.252 e. The van der Waals surface area contributed by atoms with Crippen LogP contribution in [0.1, 0.15) is 12.6 Å². The van der Waals surface area contributed by atoms with E-state index in [0.717, 1.165) is 5.69 Å². The van der Waals surface area contributed by atoms with Crippen LogP contribution in [0.15, 0.2) is 22.1 Å². The molecule has 2 rings (SSSR count). The number of allylic oxidation sites excluding steroid dienone is 1. The monoisotopic (exact) mass is 279 g/mol. The fourth-order valence-electron chi connectivity index (χ4n) is 1.44. The SMILES string of the molecule is CC1=CC(=O)C(OCC(=O)Nc2nc(C)cs2)C=N1. The Morgan fingerprint density at radius 3 is 2.95 bits per heavy atom. The quantitative estimate of drug-likeness (QED) is 0.901. The number of ketones is 1. The van der Waals surface area contributed by atoms with Gasteiger partial charge in [0.25, 0.3) is 5.91 Å². The van der Waals surface area contributed by atoms with Crippen molar-refractivity contribution in [2.75, 3.05) is 11.9 Å². The van der Waals surface area contributed by atoms with Crippen LogP contribution in [0, 0.1) is 6.92 Å². The average Bonchev–Trinajstić information content (AvgIpc) is 2.73. The minimum Gasteiger partial charge on any atom is -0.355 e. The van der Waals surface area contributed by atoms with E-state index in [9.17, 15) is 9.59 Å². The zero-order valence-corrected chi connectivity index (χ0v) is 11.4. The average molecular weight is 279 g/mol. The number of amides is 1. The lowest BCUT2D eigenvalue weighted by atomic mass is 10.2. The fraction of sp³-hybridized carbons (Fsp3) is 0.333. The summed E-state index contributed by atoms with van der Waals surface area (Å²) in [7, 11) is 0. The molecule has 1 aliphatic heterocycles. The largest absolute Gasteiger partial charge is 0.355 e. The van der Waals surface area contributed by atoms with E-state index in [2.05, 4.69) is 15.3 Å². The third-order valence-electron chi connectivity index (χ3n) is 2.30. The fourth-order valence-corrected chi connectivity index (χ4v) is 2.15. The van der Waals surface area contributed by atoms with Gasteiger partial charge in [-0.15, -0.1) is 11.3 Å². The standard InChI is InChI=1S/C12H13N3O3S/c1-7-3-9(16)10(4-13-7)18-5-11(17)15-12-14-8(2)6-19-12/h3-4,6,10H,5H2,1-2H3,(H,14,15,17). The molecule has 0 bridgehead atoms. The molecule has 0 radical (unpaired) electrons.